The fourth-order valence-corrected chi connectivity index (χ4v) is 2.04. The Morgan fingerprint density at radius 1 is 1.47 bits per heavy atom. The lowest BCUT2D eigenvalue weighted by atomic mass is 10.2. The summed E-state index contributed by atoms with van der Waals surface area (Å²) in [5, 5.41) is 13.7. The zero-order valence-corrected chi connectivity index (χ0v) is 9.44. The molecule has 1 aromatic heterocycles. The number of aryl methyl sites for hydroxylation is 1. The third kappa shape index (κ3) is 2.73. The molecule has 0 saturated carbocycles. The van der Waals surface area contributed by atoms with Crippen molar-refractivity contribution in [2.75, 3.05) is 6.54 Å². The van der Waals surface area contributed by atoms with Gasteiger partial charge in [0.1, 0.15) is 6.04 Å². The van der Waals surface area contributed by atoms with E-state index in [1.807, 2.05) is 0 Å². The van der Waals surface area contributed by atoms with Crippen molar-refractivity contribution in [2.24, 2.45) is 0 Å². The van der Waals surface area contributed by atoms with Crippen LogP contribution in [0.15, 0.2) is 9.32 Å². The third-order valence-electron chi connectivity index (χ3n) is 2.96. The minimum Gasteiger partial charge on any atom is -0.480 e. The Bertz CT molecular complexity index is 445. The van der Waals surface area contributed by atoms with E-state index in [9.17, 15) is 9.59 Å². The highest BCUT2D eigenvalue weighted by molar-refractivity contribution is 5.73. The molecule has 2 aliphatic rings. The average molecular weight is 242 g/mol. The minimum atomic E-state index is -0.720. The van der Waals surface area contributed by atoms with Crippen LogP contribution in [0.25, 0.3) is 0 Å². The predicted octanol–water partition coefficient (Wildman–Crippen LogP) is -0.975. The monoisotopic (exact) mass is 242 g/mol. The molecule has 17 heavy (non-hydrogen) atoms. The van der Waals surface area contributed by atoms with Crippen LogP contribution in [0.2, 0.25) is 0 Å². The number of rotatable bonds is 1. The number of fused-ring (bicyclic) bond motifs is 1. The first-order chi connectivity index (χ1) is 8.18. The lowest BCUT2D eigenvalue weighted by Crippen LogP contribution is -2.35. The first kappa shape index (κ1) is 11.8. The van der Waals surface area contributed by atoms with Gasteiger partial charge in [-0.3, -0.25) is 9.32 Å². The van der Waals surface area contributed by atoms with Gasteiger partial charge < -0.3 is 10.4 Å². The molecule has 3 heterocycles. The Kier molecular flexibility index (Phi) is 3.58. The van der Waals surface area contributed by atoms with Crippen LogP contribution < -0.4 is 15.6 Å². The molecule has 0 spiro atoms. The summed E-state index contributed by atoms with van der Waals surface area (Å²) in [5.74, 6) is -0.720. The Hall–Kier alpha value is -1.63. The maximum Gasteiger partial charge on any atom is 0.429 e. The van der Waals surface area contributed by atoms with Crippen molar-refractivity contribution in [3.8, 4) is 0 Å². The van der Waals surface area contributed by atoms with Crippen LogP contribution in [0.4, 0.5) is 0 Å². The van der Waals surface area contributed by atoms with Gasteiger partial charge in [0.25, 0.3) is 5.69 Å². The number of aromatic nitrogens is 2. The van der Waals surface area contributed by atoms with Gasteiger partial charge in [0.05, 0.1) is 0 Å². The van der Waals surface area contributed by atoms with Crippen molar-refractivity contribution in [2.45, 2.75) is 38.3 Å². The summed E-state index contributed by atoms with van der Waals surface area (Å²) in [5.41, 5.74) is 0.558. The van der Waals surface area contributed by atoms with Crippen molar-refractivity contribution in [1.29, 1.82) is 0 Å². The van der Waals surface area contributed by atoms with Gasteiger partial charge in [-0.05, 0) is 24.7 Å². The number of nitrogens with zero attached hydrogens (tertiary/aromatic N) is 1. The highest BCUT2D eigenvalue weighted by Crippen LogP contribution is 2.03. The van der Waals surface area contributed by atoms with Crippen LogP contribution in [0.5, 0.6) is 0 Å². The lowest BCUT2D eigenvalue weighted by molar-refractivity contribution is -0.756. The van der Waals surface area contributed by atoms with Gasteiger partial charge in [0, 0.05) is 12.8 Å². The van der Waals surface area contributed by atoms with E-state index in [1.54, 1.807) is 4.68 Å². The summed E-state index contributed by atoms with van der Waals surface area (Å²) in [6, 6.07) is -0.269. The Morgan fingerprint density at radius 3 is 2.82 bits per heavy atom. The van der Waals surface area contributed by atoms with Crippen LogP contribution >= 0.6 is 0 Å². The number of hydrogen-bond acceptors (Lipinski definition) is 4. The fraction of sp³-hybridized carbons (Fsp3) is 0.700. The summed E-state index contributed by atoms with van der Waals surface area (Å²) in [6.07, 6.45) is 3.69. The van der Waals surface area contributed by atoms with Gasteiger partial charge in [-0.1, -0.05) is 4.68 Å². The standard InChI is InChI=1S/C5H6N2O2.C5H9NO2/c8-5-4-2-1-3-7(4)6-9-5;7-5(8)4-2-1-3-6-4/h1-3H2;4,6H,1-3H2,(H,7,8)/p+1. The number of carboxylic acid groups (broad SMARTS) is 1. The molecule has 0 bridgehead atoms. The van der Waals surface area contributed by atoms with Gasteiger partial charge >= 0.3 is 11.6 Å². The molecule has 2 aliphatic heterocycles. The van der Waals surface area contributed by atoms with Crippen molar-refractivity contribution in [1.82, 2.24) is 10.6 Å². The molecule has 1 atom stereocenters. The molecule has 3 rings (SSSR count). The molecule has 7 nitrogen and oxygen atoms in total. The normalized spacial score (nSPS) is 21.8. The average Bonchev–Trinajstić information content (AvgIpc) is 2.98. The van der Waals surface area contributed by atoms with Crippen LogP contribution in [0.3, 0.4) is 0 Å². The summed E-state index contributed by atoms with van der Waals surface area (Å²) < 4.78 is 6.27. The van der Waals surface area contributed by atoms with E-state index in [1.165, 1.54) is 0 Å². The van der Waals surface area contributed by atoms with Gasteiger partial charge in [-0.2, -0.15) is 0 Å². The zero-order valence-electron chi connectivity index (χ0n) is 9.44. The number of carbonyl (C=O) groups is 1. The van der Waals surface area contributed by atoms with E-state index in [0.29, 0.717) is 0 Å². The van der Waals surface area contributed by atoms with E-state index >= 15 is 0 Å². The first-order valence-corrected chi connectivity index (χ1v) is 5.75. The van der Waals surface area contributed by atoms with Crippen molar-refractivity contribution < 1.29 is 19.1 Å². The highest BCUT2D eigenvalue weighted by Gasteiger charge is 2.26. The molecule has 0 aromatic carbocycles. The number of aromatic amines is 1. The highest BCUT2D eigenvalue weighted by atomic mass is 16.5. The fourth-order valence-electron chi connectivity index (χ4n) is 2.04. The van der Waals surface area contributed by atoms with E-state index in [0.717, 1.165) is 44.5 Å². The Balaban J connectivity index is 0.000000128. The number of carboxylic acids is 1. The zero-order chi connectivity index (χ0) is 12.3. The summed E-state index contributed by atoms with van der Waals surface area (Å²) in [4.78, 5) is 20.8. The molecule has 1 saturated heterocycles. The van der Waals surface area contributed by atoms with Crippen LogP contribution in [-0.2, 0) is 17.8 Å². The molecule has 1 fully saturated rings. The number of aliphatic carboxylic acids is 1. The van der Waals surface area contributed by atoms with Gasteiger partial charge in [-0.25, -0.2) is 4.79 Å². The van der Waals surface area contributed by atoms with Crippen molar-refractivity contribution >= 4 is 5.97 Å². The second kappa shape index (κ2) is 5.13. The van der Waals surface area contributed by atoms with Gasteiger partial charge in [-0.15, -0.1) is 0 Å². The van der Waals surface area contributed by atoms with E-state index in [2.05, 4.69) is 15.1 Å². The molecular formula is C10H16N3O4+. The second-order valence-electron chi connectivity index (χ2n) is 4.17. The molecule has 94 valence electrons. The number of H-pyrrole nitrogens is 1. The quantitative estimate of drug-likeness (QED) is 0.550. The second-order valence-corrected chi connectivity index (χ2v) is 4.17. The lowest BCUT2D eigenvalue weighted by Gasteiger charge is -1.99. The SMILES string of the molecule is O=C(O)C1CCCN1.O=c1o[nH][n+]2c1CCC2. The van der Waals surface area contributed by atoms with Gasteiger partial charge in [0.15, 0.2) is 6.54 Å². The summed E-state index contributed by atoms with van der Waals surface area (Å²) >= 11 is 0. The van der Waals surface area contributed by atoms with Crippen molar-refractivity contribution in [3.05, 3.63) is 16.1 Å². The molecule has 0 aliphatic carbocycles. The molecule has 1 aromatic rings. The maximum absolute atomic E-state index is 10.7. The predicted molar refractivity (Wildman–Crippen MR) is 56.5 cm³/mol. The number of nitrogens with one attached hydrogen (secondary N) is 2. The molecule has 0 amide bonds. The number of hydrogen-bond donors (Lipinski definition) is 3. The van der Waals surface area contributed by atoms with Crippen molar-refractivity contribution in [3.63, 3.8) is 0 Å². The third-order valence-corrected chi connectivity index (χ3v) is 2.96. The minimum absolute atomic E-state index is 0.215. The summed E-state index contributed by atoms with van der Waals surface area (Å²) in [6.45, 7) is 1.75. The smallest absolute Gasteiger partial charge is 0.429 e. The molecule has 1 unspecified atom stereocenters. The van der Waals surface area contributed by atoms with Crippen LogP contribution in [-0.4, -0.2) is 28.9 Å². The summed E-state index contributed by atoms with van der Waals surface area (Å²) in [7, 11) is 0. The Morgan fingerprint density at radius 2 is 2.29 bits per heavy atom. The van der Waals surface area contributed by atoms with E-state index in [-0.39, 0.29) is 11.7 Å². The largest absolute Gasteiger partial charge is 0.480 e. The van der Waals surface area contributed by atoms with E-state index < -0.39 is 5.97 Å². The molecular weight excluding hydrogens is 226 g/mol. The van der Waals surface area contributed by atoms with E-state index in [4.69, 9.17) is 5.11 Å². The van der Waals surface area contributed by atoms with Crippen LogP contribution in [0.1, 0.15) is 25.0 Å². The maximum atomic E-state index is 10.7. The Labute approximate surface area is 97.4 Å². The first-order valence-electron chi connectivity index (χ1n) is 5.75. The van der Waals surface area contributed by atoms with Gasteiger partial charge in [0.2, 0.25) is 0 Å². The molecule has 7 heteroatoms. The molecule has 0 radical (unpaired) electrons. The molecule has 3 N–H and O–H groups in total. The van der Waals surface area contributed by atoms with Crippen LogP contribution in [0, 0.1) is 0 Å². The topological polar surface area (TPSA) is 99.2 Å².